The molecule has 3 rings (SSSR count). The molecule has 31 heavy (non-hydrogen) atoms. The maximum absolute atomic E-state index is 4.79. The van der Waals surface area contributed by atoms with Crippen LogP contribution in [0, 0.1) is 6.92 Å². The minimum Gasteiger partial charge on any atom is -0.315 e. The van der Waals surface area contributed by atoms with Crippen LogP contribution in [0.5, 0.6) is 0 Å². The predicted octanol–water partition coefficient (Wildman–Crippen LogP) is 5.61. The summed E-state index contributed by atoms with van der Waals surface area (Å²) in [6, 6.07) is 2.01. The molecule has 0 aliphatic rings. The van der Waals surface area contributed by atoms with Gasteiger partial charge in [-0.1, -0.05) is 63.1 Å². The van der Waals surface area contributed by atoms with Crippen LogP contribution in [0.3, 0.4) is 0 Å². The fourth-order valence-electron chi connectivity index (χ4n) is 2.96. The van der Waals surface area contributed by atoms with Crippen molar-refractivity contribution in [2.24, 2.45) is 0 Å². The monoisotopic (exact) mass is 457 g/mol. The van der Waals surface area contributed by atoms with Crippen molar-refractivity contribution >= 4 is 34.0 Å². The van der Waals surface area contributed by atoms with Crippen LogP contribution in [-0.2, 0) is 6.54 Å². The molecule has 0 fully saturated rings. The molecule has 3 aromatic rings. The van der Waals surface area contributed by atoms with Gasteiger partial charge in [-0.2, -0.15) is 0 Å². The molecule has 3 heterocycles. The molecule has 0 radical (unpaired) electrons. The number of hydrogen-bond acceptors (Lipinski definition) is 9. The SMILES string of the molecule is CCCCCC(C)Sc1nc(C)cc(-c2cnc(Nc3cnc(CNCC)cn3)s2)n1. The zero-order valence-electron chi connectivity index (χ0n) is 18.7. The number of thioether (sulfide) groups is 1. The number of rotatable bonds is 12. The van der Waals surface area contributed by atoms with Gasteiger partial charge in [-0.3, -0.25) is 4.98 Å². The van der Waals surface area contributed by atoms with Crippen molar-refractivity contribution in [3.63, 3.8) is 0 Å². The Kier molecular flexibility index (Phi) is 9.17. The lowest BCUT2D eigenvalue weighted by atomic mass is 10.2. The second kappa shape index (κ2) is 12.1. The Morgan fingerprint density at radius 1 is 1.06 bits per heavy atom. The molecule has 0 aliphatic heterocycles. The lowest BCUT2D eigenvalue weighted by Gasteiger charge is -2.10. The highest BCUT2D eigenvalue weighted by molar-refractivity contribution is 7.99. The molecule has 0 aliphatic carbocycles. The number of aryl methyl sites for hydroxylation is 1. The first-order chi connectivity index (χ1) is 15.1. The van der Waals surface area contributed by atoms with E-state index in [1.54, 1.807) is 35.5 Å². The largest absolute Gasteiger partial charge is 0.315 e. The van der Waals surface area contributed by atoms with Gasteiger partial charge in [-0.05, 0) is 26.0 Å². The summed E-state index contributed by atoms with van der Waals surface area (Å²) in [6.45, 7) is 10.2. The quantitative estimate of drug-likeness (QED) is 0.206. The maximum atomic E-state index is 4.79. The molecule has 1 atom stereocenters. The number of nitrogens with one attached hydrogen (secondary N) is 2. The fraction of sp³-hybridized carbons (Fsp3) is 0.500. The number of nitrogens with zero attached hydrogens (tertiary/aromatic N) is 5. The summed E-state index contributed by atoms with van der Waals surface area (Å²) in [4.78, 5) is 23.8. The molecule has 0 amide bonds. The van der Waals surface area contributed by atoms with Gasteiger partial charge in [0.1, 0.15) is 0 Å². The average Bonchev–Trinajstić information content (AvgIpc) is 3.21. The van der Waals surface area contributed by atoms with Crippen molar-refractivity contribution in [1.82, 2.24) is 30.2 Å². The van der Waals surface area contributed by atoms with Crippen LogP contribution in [-0.4, -0.2) is 36.7 Å². The summed E-state index contributed by atoms with van der Waals surface area (Å²) in [5.74, 6) is 0.678. The van der Waals surface area contributed by atoms with E-state index in [9.17, 15) is 0 Å². The van der Waals surface area contributed by atoms with Crippen LogP contribution < -0.4 is 10.6 Å². The normalized spacial score (nSPS) is 12.1. The smallest absolute Gasteiger partial charge is 0.188 e. The van der Waals surface area contributed by atoms with Crippen molar-refractivity contribution < 1.29 is 0 Å². The molecule has 0 saturated carbocycles. The number of anilines is 2. The van der Waals surface area contributed by atoms with Gasteiger partial charge >= 0.3 is 0 Å². The summed E-state index contributed by atoms with van der Waals surface area (Å²) < 4.78 is 0. The third-order valence-corrected chi connectivity index (χ3v) is 6.58. The molecule has 0 spiro atoms. The summed E-state index contributed by atoms with van der Waals surface area (Å²) in [5, 5.41) is 8.58. The molecular weight excluding hydrogens is 426 g/mol. The van der Waals surface area contributed by atoms with Gasteiger partial charge < -0.3 is 10.6 Å². The van der Waals surface area contributed by atoms with Gasteiger partial charge in [0.25, 0.3) is 0 Å². The van der Waals surface area contributed by atoms with E-state index < -0.39 is 0 Å². The number of thiazole rings is 1. The summed E-state index contributed by atoms with van der Waals surface area (Å²) >= 11 is 3.31. The van der Waals surface area contributed by atoms with E-state index in [1.165, 1.54) is 25.7 Å². The zero-order chi connectivity index (χ0) is 22.1. The second-order valence-corrected chi connectivity index (χ2v) is 9.87. The van der Waals surface area contributed by atoms with Crippen LogP contribution in [0.15, 0.2) is 29.8 Å². The standard InChI is InChI=1S/C22H31N7S2/c1-5-7-8-9-16(4)30-22-27-15(3)10-18(28-22)19-13-26-21(31-19)29-20-14-24-17(12-25-20)11-23-6-2/h10,12-14,16,23H,5-9,11H2,1-4H3,(H,25,26,29). The van der Waals surface area contributed by atoms with Crippen molar-refractivity contribution in [3.8, 4) is 10.6 Å². The van der Waals surface area contributed by atoms with E-state index in [2.05, 4.69) is 51.3 Å². The minimum atomic E-state index is 0.508. The third kappa shape index (κ3) is 7.52. The number of aromatic nitrogens is 5. The number of hydrogen-bond donors (Lipinski definition) is 2. The van der Waals surface area contributed by atoms with Crippen LogP contribution in [0.4, 0.5) is 10.9 Å². The average molecular weight is 458 g/mol. The lowest BCUT2D eigenvalue weighted by molar-refractivity contribution is 0.663. The first-order valence-corrected chi connectivity index (χ1v) is 12.5. The Morgan fingerprint density at radius 3 is 2.68 bits per heavy atom. The maximum Gasteiger partial charge on any atom is 0.188 e. The van der Waals surface area contributed by atoms with Gasteiger partial charge in [0.05, 0.1) is 28.7 Å². The highest BCUT2D eigenvalue weighted by atomic mass is 32.2. The minimum absolute atomic E-state index is 0.508. The molecule has 0 saturated heterocycles. The Labute approximate surface area is 193 Å². The summed E-state index contributed by atoms with van der Waals surface area (Å²) in [7, 11) is 0. The van der Waals surface area contributed by atoms with Crippen molar-refractivity contribution in [2.45, 2.75) is 70.3 Å². The highest BCUT2D eigenvalue weighted by Crippen LogP contribution is 2.31. The Balaban J connectivity index is 1.65. The molecule has 9 heteroatoms. The third-order valence-electron chi connectivity index (χ3n) is 4.61. The highest BCUT2D eigenvalue weighted by Gasteiger charge is 2.12. The lowest BCUT2D eigenvalue weighted by Crippen LogP contribution is -2.13. The van der Waals surface area contributed by atoms with Crippen LogP contribution in [0.2, 0.25) is 0 Å². The predicted molar refractivity (Wildman–Crippen MR) is 130 cm³/mol. The van der Waals surface area contributed by atoms with Crippen molar-refractivity contribution in [1.29, 1.82) is 0 Å². The van der Waals surface area contributed by atoms with Crippen LogP contribution in [0.1, 0.15) is 57.8 Å². The van der Waals surface area contributed by atoms with E-state index in [1.807, 2.05) is 19.2 Å². The first kappa shape index (κ1) is 23.6. The first-order valence-electron chi connectivity index (χ1n) is 10.8. The van der Waals surface area contributed by atoms with E-state index >= 15 is 0 Å². The zero-order valence-corrected chi connectivity index (χ0v) is 20.3. The van der Waals surface area contributed by atoms with Gasteiger partial charge in [-0.15, -0.1) is 0 Å². The molecular formula is C22H31N7S2. The van der Waals surface area contributed by atoms with Gasteiger partial charge in [0.2, 0.25) is 0 Å². The molecule has 7 nitrogen and oxygen atoms in total. The van der Waals surface area contributed by atoms with Gasteiger partial charge in [0, 0.05) is 23.7 Å². The molecule has 1 unspecified atom stereocenters. The summed E-state index contributed by atoms with van der Waals surface area (Å²) in [5.41, 5.74) is 2.80. The van der Waals surface area contributed by atoms with Crippen molar-refractivity contribution in [2.75, 3.05) is 11.9 Å². The molecule has 0 aromatic carbocycles. The molecule has 2 N–H and O–H groups in total. The van der Waals surface area contributed by atoms with Crippen molar-refractivity contribution in [3.05, 3.63) is 36.0 Å². The Hall–Kier alpha value is -2.10. The van der Waals surface area contributed by atoms with E-state index in [4.69, 9.17) is 4.98 Å². The second-order valence-electron chi connectivity index (χ2n) is 7.43. The topological polar surface area (TPSA) is 88.5 Å². The Morgan fingerprint density at radius 2 is 1.94 bits per heavy atom. The molecule has 3 aromatic heterocycles. The fourth-order valence-corrected chi connectivity index (χ4v) is 4.74. The van der Waals surface area contributed by atoms with Gasteiger partial charge in [-0.25, -0.2) is 19.9 Å². The Bertz CT molecular complexity index is 943. The molecule has 166 valence electrons. The summed E-state index contributed by atoms with van der Waals surface area (Å²) in [6.07, 6.45) is 10.3. The molecule has 0 bridgehead atoms. The van der Waals surface area contributed by atoms with Crippen LogP contribution >= 0.6 is 23.1 Å². The van der Waals surface area contributed by atoms with Gasteiger partial charge in [0.15, 0.2) is 16.1 Å². The van der Waals surface area contributed by atoms with Crippen LogP contribution in [0.25, 0.3) is 10.6 Å². The number of unbranched alkanes of at least 4 members (excludes halogenated alkanes) is 2. The van der Waals surface area contributed by atoms with E-state index in [0.717, 1.165) is 45.3 Å². The van der Waals surface area contributed by atoms with E-state index in [-0.39, 0.29) is 0 Å². The van der Waals surface area contributed by atoms with E-state index in [0.29, 0.717) is 11.1 Å².